The number of rotatable bonds is 4. The van der Waals surface area contributed by atoms with Gasteiger partial charge in [0.1, 0.15) is 5.82 Å². The van der Waals surface area contributed by atoms with Crippen molar-refractivity contribution in [2.45, 2.75) is 6.54 Å². The van der Waals surface area contributed by atoms with Crippen molar-refractivity contribution >= 4 is 27.7 Å². The maximum Gasteiger partial charge on any atom is 0.254 e. The molecular weight excluding hydrogens is 451 g/mol. The highest BCUT2D eigenvalue weighted by molar-refractivity contribution is 6.07. The van der Waals surface area contributed by atoms with Crippen molar-refractivity contribution in [2.75, 3.05) is 26.2 Å². The summed E-state index contributed by atoms with van der Waals surface area (Å²) in [6, 6.07) is 26.1. The molecular formula is C30H25FN4O. The largest absolute Gasteiger partial charge is 0.336 e. The Morgan fingerprint density at radius 2 is 1.64 bits per heavy atom. The summed E-state index contributed by atoms with van der Waals surface area (Å²) < 4.78 is 13.5. The predicted octanol–water partition coefficient (Wildman–Crippen LogP) is 5.55. The molecule has 0 bridgehead atoms. The maximum atomic E-state index is 13.7. The molecule has 6 heteroatoms. The number of benzene rings is 3. The Hall–Kier alpha value is -4.16. The maximum absolute atomic E-state index is 13.7. The van der Waals surface area contributed by atoms with E-state index in [-0.39, 0.29) is 11.7 Å². The third-order valence-electron chi connectivity index (χ3n) is 6.86. The summed E-state index contributed by atoms with van der Waals surface area (Å²) in [5.74, 6) is -0.295. The first-order valence-corrected chi connectivity index (χ1v) is 12.2. The Kier molecular flexibility index (Phi) is 5.87. The lowest BCUT2D eigenvalue weighted by molar-refractivity contribution is 0.0631. The number of fused-ring (bicyclic) bond motifs is 2. The summed E-state index contributed by atoms with van der Waals surface area (Å²) in [5.41, 5.74) is 5.08. The molecule has 5 nitrogen and oxygen atoms in total. The molecule has 1 amide bonds. The van der Waals surface area contributed by atoms with Gasteiger partial charge in [0.2, 0.25) is 0 Å². The summed E-state index contributed by atoms with van der Waals surface area (Å²) >= 11 is 0. The Bertz CT molecular complexity index is 1550. The van der Waals surface area contributed by atoms with Crippen LogP contribution in [0.2, 0.25) is 0 Å². The van der Waals surface area contributed by atoms with Gasteiger partial charge in [-0.2, -0.15) is 0 Å². The normalized spacial score (nSPS) is 14.4. The minimum Gasteiger partial charge on any atom is -0.336 e. The van der Waals surface area contributed by atoms with Gasteiger partial charge < -0.3 is 4.90 Å². The molecule has 1 aliphatic heterocycles. The highest BCUT2D eigenvalue weighted by Gasteiger charge is 2.24. The van der Waals surface area contributed by atoms with Crippen LogP contribution < -0.4 is 0 Å². The number of pyridine rings is 2. The van der Waals surface area contributed by atoms with Gasteiger partial charge in [0.05, 0.1) is 22.3 Å². The third kappa shape index (κ3) is 4.32. The zero-order valence-corrected chi connectivity index (χ0v) is 19.8. The van der Waals surface area contributed by atoms with E-state index in [1.54, 1.807) is 12.1 Å². The van der Waals surface area contributed by atoms with Crippen molar-refractivity contribution in [3.05, 3.63) is 108 Å². The number of amides is 1. The van der Waals surface area contributed by atoms with Crippen LogP contribution in [0.15, 0.2) is 91.1 Å². The van der Waals surface area contributed by atoms with E-state index in [2.05, 4.69) is 34.1 Å². The number of hydrogen-bond acceptors (Lipinski definition) is 4. The van der Waals surface area contributed by atoms with Crippen LogP contribution in [0, 0.1) is 5.82 Å². The fourth-order valence-electron chi connectivity index (χ4n) is 4.94. The number of piperazine rings is 1. The molecule has 0 unspecified atom stereocenters. The monoisotopic (exact) mass is 476 g/mol. The van der Waals surface area contributed by atoms with Crippen LogP contribution in [-0.2, 0) is 6.54 Å². The fourth-order valence-corrected chi connectivity index (χ4v) is 4.94. The van der Waals surface area contributed by atoms with Crippen LogP contribution in [-0.4, -0.2) is 51.9 Å². The molecule has 5 aromatic rings. The Labute approximate surface area is 208 Å². The zero-order chi connectivity index (χ0) is 24.5. The topological polar surface area (TPSA) is 49.3 Å². The van der Waals surface area contributed by atoms with Crippen molar-refractivity contribution in [2.24, 2.45) is 0 Å². The standard InChI is InChI=1S/C30H25FN4O/c31-24-12-10-21(11-13-24)28-19-26(25-8-1-2-9-27(25)33-28)30(36)35-17-15-34(16-18-35)20-23-6-3-5-22-7-4-14-32-29(22)23/h1-14,19H,15-18,20H2. The van der Waals surface area contributed by atoms with Crippen LogP contribution in [0.5, 0.6) is 0 Å². The van der Waals surface area contributed by atoms with Crippen LogP contribution in [0.3, 0.4) is 0 Å². The third-order valence-corrected chi connectivity index (χ3v) is 6.86. The molecule has 3 aromatic carbocycles. The average Bonchev–Trinajstić information content (AvgIpc) is 2.93. The quantitative estimate of drug-likeness (QED) is 0.341. The number of aromatic nitrogens is 2. The minimum absolute atomic E-state index is 0.00318. The Morgan fingerprint density at radius 1 is 0.861 bits per heavy atom. The second-order valence-electron chi connectivity index (χ2n) is 9.14. The highest BCUT2D eigenvalue weighted by Crippen LogP contribution is 2.27. The van der Waals surface area contributed by atoms with E-state index in [1.165, 1.54) is 17.7 Å². The second kappa shape index (κ2) is 9.47. The van der Waals surface area contributed by atoms with Crippen molar-refractivity contribution in [1.82, 2.24) is 19.8 Å². The van der Waals surface area contributed by atoms with Crippen LogP contribution in [0.4, 0.5) is 4.39 Å². The Morgan fingerprint density at radius 3 is 2.47 bits per heavy atom. The zero-order valence-electron chi connectivity index (χ0n) is 19.8. The molecule has 0 N–H and O–H groups in total. The molecule has 2 aromatic heterocycles. The van der Waals surface area contributed by atoms with Crippen LogP contribution in [0.1, 0.15) is 15.9 Å². The molecule has 36 heavy (non-hydrogen) atoms. The molecule has 0 aliphatic carbocycles. The first-order chi connectivity index (χ1) is 17.7. The van der Waals surface area contributed by atoms with E-state index in [0.717, 1.165) is 47.0 Å². The van der Waals surface area contributed by atoms with Gasteiger partial charge in [0, 0.05) is 55.3 Å². The summed E-state index contributed by atoms with van der Waals surface area (Å²) in [5, 5.41) is 1.97. The second-order valence-corrected chi connectivity index (χ2v) is 9.14. The van der Waals surface area contributed by atoms with Gasteiger partial charge in [-0.3, -0.25) is 14.7 Å². The number of halogens is 1. The molecule has 3 heterocycles. The summed E-state index contributed by atoms with van der Waals surface area (Å²) in [4.78, 5) is 27.3. The van der Waals surface area contributed by atoms with Crippen LogP contribution >= 0.6 is 0 Å². The SMILES string of the molecule is O=C(c1cc(-c2ccc(F)cc2)nc2ccccc12)N1CCN(Cc2cccc3cccnc23)CC1. The van der Waals surface area contributed by atoms with Gasteiger partial charge in [-0.15, -0.1) is 0 Å². The number of carbonyl (C=O) groups is 1. The number of nitrogens with zero attached hydrogens (tertiary/aromatic N) is 4. The van der Waals surface area contributed by atoms with Gasteiger partial charge in [0.25, 0.3) is 5.91 Å². The van der Waals surface area contributed by atoms with Crippen molar-refractivity contribution < 1.29 is 9.18 Å². The smallest absolute Gasteiger partial charge is 0.254 e. The molecule has 0 spiro atoms. The lowest BCUT2D eigenvalue weighted by Gasteiger charge is -2.35. The Balaban J connectivity index is 1.23. The number of carbonyl (C=O) groups excluding carboxylic acids is 1. The lowest BCUT2D eigenvalue weighted by Crippen LogP contribution is -2.48. The van der Waals surface area contributed by atoms with Crippen molar-refractivity contribution in [1.29, 1.82) is 0 Å². The molecule has 6 rings (SSSR count). The highest BCUT2D eigenvalue weighted by atomic mass is 19.1. The van der Waals surface area contributed by atoms with Crippen LogP contribution in [0.25, 0.3) is 33.1 Å². The summed E-state index contributed by atoms with van der Waals surface area (Å²) in [6.07, 6.45) is 1.83. The average molecular weight is 477 g/mol. The van der Waals surface area contributed by atoms with E-state index in [0.29, 0.717) is 24.3 Å². The summed E-state index contributed by atoms with van der Waals surface area (Å²) in [6.45, 7) is 3.70. The predicted molar refractivity (Wildman–Crippen MR) is 140 cm³/mol. The van der Waals surface area contributed by atoms with Crippen molar-refractivity contribution in [3.63, 3.8) is 0 Å². The van der Waals surface area contributed by atoms with Crippen molar-refractivity contribution in [3.8, 4) is 11.3 Å². The molecule has 1 saturated heterocycles. The number of hydrogen-bond donors (Lipinski definition) is 0. The molecule has 0 radical (unpaired) electrons. The van der Waals surface area contributed by atoms with Gasteiger partial charge in [-0.25, -0.2) is 9.37 Å². The first-order valence-electron chi connectivity index (χ1n) is 12.2. The van der Waals surface area contributed by atoms with Gasteiger partial charge in [-0.1, -0.05) is 42.5 Å². The molecule has 1 fully saturated rings. The molecule has 1 aliphatic rings. The lowest BCUT2D eigenvalue weighted by atomic mass is 10.0. The van der Waals surface area contributed by atoms with Gasteiger partial charge in [0.15, 0.2) is 0 Å². The van der Waals surface area contributed by atoms with E-state index < -0.39 is 0 Å². The van der Waals surface area contributed by atoms with E-state index in [9.17, 15) is 9.18 Å². The van der Waals surface area contributed by atoms with E-state index in [1.807, 2.05) is 47.5 Å². The number of para-hydroxylation sites is 2. The molecule has 0 atom stereocenters. The van der Waals surface area contributed by atoms with Gasteiger partial charge >= 0.3 is 0 Å². The van der Waals surface area contributed by atoms with E-state index in [4.69, 9.17) is 4.98 Å². The van der Waals surface area contributed by atoms with Gasteiger partial charge in [-0.05, 0) is 48.0 Å². The van der Waals surface area contributed by atoms with E-state index >= 15 is 0 Å². The fraction of sp³-hybridized carbons (Fsp3) is 0.167. The minimum atomic E-state index is -0.298. The summed E-state index contributed by atoms with van der Waals surface area (Å²) in [7, 11) is 0. The molecule has 178 valence electrons. The first kappa shape index (κ1) is 22.3. The molecule has 0 saturated carbocycles.